The molecule has 0 aromatic rings. The number of thioether (sulfide) groups is 1. The van der Waals surface area contributed by atoms with Crippen molar-refractivity contribution in [1.82, 2.24) is 0 Å². The molecule has 0 aliphatic rings. The van der Waals surface area contributed by atoms with Gasteiger partial charge < -0.3 is 0 Å². The standard InChI is InChI=1S/C14H24BrF5S.Mg.2H/c15-10-6-4-2-1-3-5-7-11-21-12-8-9-13(16,17)14(18,19)20;;;/h1-12H2;;;. The Kier molecular flexibility index (Phi) is 16.9. The topological polar surface area (TPSA) is 0 Å². The second kappa shape index (κ2) is 14.6. The van der Waals surface area contributed by atoms with Crippen LogP contribution in [0.25, 0.3) is 0 Å². The normalized spacial score (nSPS) is 12.3. The first-order chi connectivity index (χ1) is 9.81. The summed E-state index contributed by atoms with van der Waals surface area (Å²) in [5.41, 5.74) is 0. The second-order valence-corrected chi connectivity index (χ2v) is 7.10. The molecule has 0 spiro atoms. The highest BCUT2D eigenvalue weighted by molar-refractivity contribution is 9.09. The van der Waals surface area contributed by atoms with Crippen LogP contribution in [-0.2, 0) is 0 Å². The first kappa shape index (κ1) is 25.5. The molecule has 0 nitrogen and oxygen atoms in total. The monoisotopic (exact) mass is 424 g/mol. The van der Waals surface area contributed by atoms with Gasteiger partial charge in [0.25, 0.3) is 0 Å². The maximum atomic E-state index is 12.6. The predicted octanol–water partition coefficient (Wildman–Crippen LogP) is 5.91. The lowest BCUT2D eigenvalue weighted by atomic mass is 10.1. The maximum Gasteiger partial charge on any atom is 0.453 e. The van der Waals surface area contributed by atoms with E-state index < -0.39 is 18.5 Å². The third-order valence-corrected chi connectivity index (χ3v) is 4.83. The van der Waals surface area contributed by atoms with Crippen LogP contribution >= 0.6 is 27.7 Å². The Bertz CT molecular complexity index is 252. The highest BCUT2D eigenvalue weighted by Crippen LogP contribution is 2.39. The molecule has 0 aromatic carbocycles. The minimum atomic E-state index is -5.41. The molecular formula is C14H26BrF5MgS. The van der Waals surface area contributed by atoms with Crippen molar-refractivity contribution >= 4 is 50.7 Å². The van der Waals surface area contributed by atoms with Crippen LogP contribution in [0, 0.1) is 0 Å². The average molecular weight is 426 g/mol. The van der Waals surface area contributed by atoms with Gasteiger partial charge >= 0.3 is 35.2 Å². The fraction of sp³-hybridized carbons (Fsp3) is 1.00. The number of rotatable bonds is 13. The van der Waals surface area contributed by atoms with Gasteiger partial charge in [-0.2, -0.15) is 33.7 Å². The molecule has 0 aromatic heterocycles. The van der Waals surface area contributed by atoms with Gasteiger partial charge in [-0.25, -0.2) is 0 Å². The molecular weight excluding hydrogens is 399 g/mol. The van der Waals surface area contributed by atoms with Gasteiger partial charge in [-0.05, 0) is 30.8 Å². The van der Waals surface area contributed by atoms with E-state index in [0.717, 1.165) is 23.9 Å². The molecule has 0 aliphatic heterocycles. The molecule has 0 rings (SSSR count). The highest BCUT2D eigenvalue weighted by atomic mass is 79.9. The summed E-state index contributed by atoms with van der Waals surface area (Å²) in [6.07, 6.45) is 1.60. The summed E-state index contributed by atoms with van der Waals surface area (Å²) >= 11 is 4.85. The Hall–Kier alpha value is 1.25. The van der Waals surface area contributed by atoms with E-state index in [1.807, 2.05) is 0 Å². The third kappa shape index (κ3) is 13.7. The van der Waals surface area contributed by atoms with Crippen molar-refractivity contribution in [3.8, 4) is 0 Å². The number of hydrogen-bond acceptors (Lipinski definition) is 1. The quantitative estimate of drug-likeness (QED) is 0.153. The number of halogens is 6. The Morgan fingerprint density at radius 2 is 1.14 bits per heavy atom. The predicted molar refractivity (Wildman–Crippen MR) is 92.2 cm³/mol. The van der Waals surface area contributed by atoms with E-state index in [2.05, 4.69) is 15.9 Å². The molecule has 0 N–H and O–H groups in total. The van der Waals surface area contributed by atoms with Crippen LogP contribution in [-0.4, -0.2) is 52.0 Å². The van der Waals surface area contributed by atoms with E-state index in [0.29, 0.717) is 5.75 Å². The first-order valence-electron chi connectivity index (χ1n) is 7.39. The first-order valence-corrected chi connectivity index (χ1v) is 9.67. The van der Waals surface area contributed by atoms with Crippen LogP contribution in [0.4, 0.5) is 22.0 Å². The Morgan fingerprint density at radius 3 is 1.64 bits per heavy atom. The van der Waals surface area contributed by atoms with E-state index in [9.17, 15) is 22.0 Å². The van der Waals surface area contributed by atoms with Gasteiger partial charge in [0.05, 0.1) is 0 Å². The molecule has 22 heavy (non-hydrogen) atoms. The molecule has 0 atom stereocenters. The summed E-state index contributed by atoms with van der Waals surface area (Å²) in [6, 6.07) is 0. The molecule has 0 saturated carbocycles. The summed E-state index contributed by atoms with van der Waals surface area (Å²) in [6.45, 7) is 0. The zero-order valence-electron chi connectivity index (χ0n) is 12.2. The van der Waals surface area contributed by atoms with Gasteiger partial charge in [-0.1, -0.05) is 48.0 Å². The summed E-state index contributed by atoms with van der Waals surface area (Å²) in [4.78, 5) is 0. The van der Waals surface area contributed by atoms with Crippen LogP contribution in [0.1, 0.15) is 57.8 Å². The van der Waals surface area contributed by atoms with E-state index in [4.69, 9.17) is 0 Å². The zero-order valence-corrected chi connectivity index (χ0v) is 14.6. The molecule has 8 heteroatoms. The fourth-order valence-electron chi connectivity index (χ4n) is 1.82. The van der Waals surface area contributed by atoms with Gasteiger partial charge in [-0.3, -0.25) is 0 Å². The largest absolute Gasteiger partial charge is 0.453 e. The molecule has 0 amide bonds. The second-order valence-electron chi connectivity index (χ2n) is 5.08. The Morgan fingerprint density at radius 1 is 0.682 bits per heavy atom. The molecule has 0 radical (unpaired) electrons. The van der Waals surface area contributed by atoms with E-state index >= 15 is 0 Å². The van der Waals surface area contributed by atoms with Gasteiger partial charge in [0.2, 0.25) is 0 Å². The summed E-state index contributed by atoms with van der Waals surface area (Å²) in [5, 5.41) is 1.05. The SMILES string of the molecule is FC(F)(F)C(F)(F)CCCSCCCCCCCCCBr.[MgH2]. The van der Waals surface area contributed by atoms with Crippen LogP contribution in [0.5, 0.6) is 0 Å². The van der Waals surface area contributed by atoms with Gasteiger partial charge in [0.1, 0.15) is 0 Å². The van der Waals surface area contributed by atoms with E-state index in [-0.39, 0.29) is 29.5 Å². The van der Waals surface area contributed by atoms with Crippen molar-refractivity contribution in [2.24, 2.45) is 0 Å². The smallest absolute Gasteiger partial charge is 0.196 e. The van der Waals surface area contributed by atoms with Crippen molar-refractivity contribution in [1.29, 1.82) is 0 Å². The van der Waals surface area contributed by atoms with E-state index in [1.165, 1.54) is 43.9 Å². The Balaban J connectivity index is 0. The van der Waals surface area contributed by atoms with Crippen molar-refractivity contribution in [2.75, 3.05) is 16.8 Å². The molecule has 0 fully saturated rings. The molecule has 0 aliphatic carbocycles. The van der Waals surface area contributed by atoms with Gasteiger partial charge in [0, 0.05) is 11.8 Å². The minimum Gasteiger partial charge on any atom is -0.196 e. The summed E-state index contributed by atoms with van der Waals surface area (Å²) in [7, 11) is 0. The summed E-state index contributed by atoms with van der Waals surface area (Å²) in [5.74, 6) is -3.32. The van der Waals surface area contributed by atoms with Crippen molar-refractivity contribution in [3.05, 3.63) is 0 Å². The van der Waals surface area contributed by atoms with Gasteiger partial charge in [-0.15, -0.1) is 0 Å². The molecule has 0 saturated heterocycles. The lowest BCUT2D eigenvalue weighted by Crippen LogP contribution is -2.36. The molecule has 0 heterocycles. The van der Waals surface area contributed by atoms with E-state index in [1.54, 1.807) is 0 Å². The van der Waals surface area contributed by atoms with Crippen LogP contribution < -0.4 is 0 Å². The Labute approximate surface area is 159 Å². The molecule has 0 bridgehead atoms. The summed E-state index contributed by atoms with van der Waals surface area (Å²) < 4.78 is 60.9. The lowest BCUT2D eigenvalue weighted by Gasteiger charge is -2.19. The maximum absolute atomic E-state index is 12.6. The number of hydrogen-bond donors (Lipinski definition) is 0. The van der Waals surface area contributed by atoms with Crippen molar-refractivity contribution < 1.29 is 22.0 Å². The van der Waals surface area contributed by atoms with Crippen molar-refractivity contribution in [3.63, 3.8) is 0 Å². The number of alkyl halides is 6. The minimum absolute atomic E-state index is 0. The van der Waals surface area contributed by atoms with Crippen LogP contribution in [0.15, 0.2) is 0 Å². The average Bonchev–Trinajstić information content (AvgIpc) is 2.38. The van der Waals surface area contributed by atoms with Crippen molar-refractivity contribution in [2.45, 2.75) is 69.9 Å². The molecule has 132 valence electrons. The fourth-order valence-corrected chi connectivity index (χ4v) is 3.18. The van der Waals surface area contributed by atoms with Gasteiger partial charge in [0.15, 0.2) is 0 Å². The lowest BCUT2D eigenvalue weighted by molar-refractivity contribution is -0.284. The third-order valence-electron chi connectivity index (χ3n) is 3.12. The van der Waals surface area contributed by atoms with Crippen LogP contribution in [0.2, 0.25) is 0 Å². The molecule has 0 unspecified atom stereocenters. The number of unbranched alkanes of at least 4 members (excludes halogenated alkanes) is 6. The highest BCUT2D eigenvalue weighted by Gasteiger charge is 2.56. The van der Waals surface area contributed by atoms with Crippen LogP contribution in [0.3, 0.4) is 0 Å². The zero-order chi connectivity index (χ0) is 16.2.